The van der Waals surface area contributed by atoms with Gasteiger partial charge in [-0.2, -0.15) is 0 Å². The molecule has 0 fully saturated rings. The molecule has 0 saturated carbocycles. The molecule has 0 aromatic heterocycles. The van der Waals surface area contributed by atoms with Crippen molar-refractivity contribution in [3.63, 3.8) is 0 Å². The molecule has 7 nitrogen and oxygen atoms in total. The van der Waals surface area contributed by atoms with Crippen LogP contribution >= 0.6 is 0 Å². The maximum absolute atomic E-state index is 14.1. The van der Waals surface area contributed by atoms with Crippen LogP contribution in [0.2, 0.25) is 0 Å². The number of ether oxygens (including phenoxy) is 2. The molecule has 2 aromatic carbocycles. The topological polar surface area (TPSA) is 76.2 Å². The molecule has 8 heteroatoms. The van der Waals surface area contributed by atoms with E-state index in [-0.39, 0.29) is 22.7 Å². The Morgan fingerprint density at radius 2 is 1.71 bits per heavy atom. The van der Waals surface area contributed by atoms with Crippen molar-refractivity contribution >= 4 is 32.9 Å². The highest BCUT2D eigenvalue weighted by atomic mass is 32.2. The van der Waals surface area contributed by atoms with Gasteiger partial charge in [0.2, 0.25) is 0 Å². The molecule has 38 heavy (non-hydrogen) atoms. The van der Waals surface area contributed by atoms with Gasteiger partial charge in [0.1, 0.15) is 0 Å². The molecular weight excluding hydrogens is 500 g/mol. The number of fused-ring (bicyclic) bond motifs is 1. The van der Waals surface area contributed by atoms with Crippen LogP contribution in [-0.2, 0) is 19.4 Å². The zero-order valence-corrected chi connectivity index (χ0v) is 24.2. The summed E-state index contributed by atoms with van der Waals surface area (Å²) in [6.45, 7) is 6.92. The number of unbranched alkanes of at least 4 members (excludes halogenated alkanes) is 2. The van der Waals surface area contributed by atoms with E-state index < -0.39 is 15.8 Å². The maximum Gasteiger partial charge on any atom is 0.333 e. The van der Waals surface area contributed by atoms with E-state index in [0.29, 0.717) is 23.7 Å². The summed E-state index contributed by atoms with van der Waals surface area (Å²) in [7, 11) is 0.108. The van der Waals surface area contributed by atoms with Crippen molar-refractivity contribution in [3.05, 3.63) is 54.8 Å². The van der Waals surface area contributed by atoms with Gasteiger partial charge in [0.15, 0.2) is 15.6 Å². The van der Waals surface area contributed by atoms with Crippen molar-refractivity contribution in [2.45, 2.75) is 64.2 Å². The number of carbonyl (C=O) groups excluding carboxylic acids is 1. The lowest BCUT2D eigenvalue weighted by molar-refractivity contribution is -0.137. The van der Waals surface area contributed by atoms with Crippen LogP contribution in [0.15, 0.2) is 59.7 Å². The Morgan fingerprint density at radius 1 is 1.05 bits per heavy atom. The SMILES string of the molecule is CCCCC1(CCCC)CN(c2ccccc2)c2cc(N(C)C)c(O/C=C/C(=O)OCC)cc2S(=O)(=O)C1. The lowest BCUT2D eigenvalue weighted by atomic mass is 9.79. The summed E-state index contributed by atoms with van der Waals surface area (Å²) in [5, 5.41) is 0. The molecule has 0 radical (unpaired) electrons. The monoisotopic (exact) mass is 542 g/mol. The minimum Gasteiger partial charge on any atom is -0.463 e. The van der Waals surface area contributed by atoms with Crippen molar-refractivity contribution in [1.29, 1.82) is 0 Å². The fourth-order valence-electron chi connectivity index (χ4n) is 5.11. The second-order valence-corrected chi connectivity index (χ2v) is 12.2. The average Bonchev–Trinajstić information content (AvgIpc) is 2.98. The van der Waals surface area contributed by atoms with E-state index in [9.17, 15) is 13.2 Å². The smallest absolute Gasteiger partial charge is 0.333 e. The van der Waals surface area contributed by atoms with Crippen LogP contribution in [0.3, 0.4) is 0 Å². The molecule has 0 unspecified atom stereocenters. The van der Waals surface area contributed by atoms with E-state index in [0.717, 1.165) is 44.2 Å². The number of para-hydroxylation sites is 1. The molecule has 1 aliphatic rings. The molecule has 2 aromatic rings. The number of anilines is 3. The van der Waals surface area contributed by atoms with Gasteiger partial charge in [-0.3, -0.25) is 0 Å². The number of esters is 1. The van der Waals surface area contributed by atoms with Crippen molar-refractivity contribution in [2.24, 2.45) is 5.41 Å². The summed E-state index contributed by atoms with van der Waals surface area (Å²) in [6, 6.07) is 13.5. The standard InChI is InChI=1S/C30H42N2O5S/c1-6-9-17-30(18-10-7-2)22-32(24-14-12-11-13-15-24)26-20-25(31(4)5)27(21-28(26)38(34,35)23-30)37-19-16-29(33)36-8-3/h11-16,19-21H,6-10,17-18,22-23H2,1-5H3/b19-16+. The van der Waals surface area contributed by atoms with Gasteiger partial charge >= 0.3 is 5.97 Å². The van der Waals surface area contributed by atoms with E-state index in [2.05, 4.69) is 18.7 Å². The fraction of sp³-hybridized carbons (Fsp3) is 0.500. The first kappa shape index (κ1) is 29.6. The quantitative estimate of drug-likeness (QED) is 0.172. The molecule has 0 atom stereocenters. The molecule has 0 aliphatic carbocycles. The Labute approximate surface area is 228 Å². The Balaban J connectivity index is 2.21. The highest BCUT2D eigenvalue weighted by molar-refractivity contribution is 7.91. The van der Waals surface area contributed by atoms with Crippen LogP contribution in [0.1, 0.15) is 59.3 Å². The molecule has 3 rings (SSSR count). The van der Waals surface area contributed by atoms with E-state index in [1.54, 1.807) is 13.0 Å². The summed E-state index contributed by atoms with van der Waals surface area (Å²) in [6.07, 6.45) is 8.14. The van der Waals surface area contributed by atoms with Crippen molar-refractivity contribution in [1.82, 2.24) is 0 Å². The van der Waals surface area contributed by atoms with Crippen LogP contribution in [0.5, 0.6) is 5.75 Å². The zero-order chi connectivity index (χ0) is 27.8. The summed E-state index contributed by atoms with van der Waals surface area (Å²) in [5.74, 6) is -0.0656. The molecule has 1 heterocycles. The van der Waals surface area contributed by atoms with E-state index >= 15 is 0 Å². The van der Waals surface area contributed by atoms with Crippen molar-refractivity contribution in [2.75, 3.05) is 42.8 Å². The van der Waals surface area contributed by atoms with Crippen LogP contribution in [-0.4, -0.2) is 47.4 Å². The Kier molecular flexibility index (Phi) is 10.3. The number of carbonyl (C=O) groups is 1. The van der Waals surface area contributed by atoms with Gasteiger partial charge in [0.05, 0.1) is 41.0 Å². The Bertz CT molecular complexity index is 1200. The van der Waals surface area contributed by atoms with E-state index in [4.69, 9.17) is 9.47 Å². The number of hydrogen-bond donors (Lipinski definition) is 0. The van der Waals surface area contributed by atoms with E-state index in [1.807, 2.05) is 55.4 Å². The van der Waals surface area contributed by atoms with Gasteiger partial charge in [-0.05, 0) is 38.0 Å². The average molecular weight is 543 g/mol. The van der Waals surface area contributed by atoms with Gasteiger partial charge in [-0.15, -0.1) is 0 Å². The van der Waals surface area contributed by atoms with Crippen LogP contribution in [0.4, 0.5) is 17.1 Å². The molecule has 0 bridgehead atoms. The molecule has 0 N–H and O–H groups in total. The Hall–Kier alpha value is -3.00. The van der Waals surface area contributed by atoms with Crippen LogP contribution in [0.25, 0.3) is 0 Å². The van der Waals surface area contributed by atoms with Gasteiger partial charge in [-0.1, -0.05) is 57.7 Å². The first-order valence-electron chi connectivity index (χ1n) is 13.6. The molecular formula is C30H42N2O5S. The molecule has 0 saturated heterocycles. The highest BCUT2D eigenvalue weighted by Gasteiger charge is 2.42. The predicted molar refractivity (Wildman–Crippen MR) is 154 cm³/mol. The third-order valence-electron chi connectivity index (χ3n) is 7.01. The van der Waals surface area contributed by atoms with Crippen molar-refractivity contribution < 1.29 is 22.7 Å². The second-order valence-electron chi connectivity index (χ2n) is 10.2. The molecule has 0 spiro atoms. The summed E-state index contributed by atoms with van der Waals surface area (Å²) in [4.78, 5) is 16.1. The number of rotatable bonds is 12. The highest BCUT2D eigenvalue weighted by Crippen LogP contribution is 2.48. The summed E-state index contributed by atoms with van der Waals surface area (Å²) < 4.78 is 39.0. The van der Waals surface area contributed by atoms with E-state index in [1.165, 1.54) is 12.3 Å². The van der Waals surface area contributed by atoms with Gasteiger partial charge in [0.25, 0.3) is 0 Å². The number of nitrogens with zero attached hydrogens (tertiary/aromatic N) is 2. The van der Waals surface area contributed by atoms with Gasteiger partial charge < -0.3 is 19.3 Å². The van der Waals surface area contributed by atoms with Gasteiger partial charge in [0, 0.05) is 37.8 Å². The van der Waals surface area contributed by atoms with Gasteiger partial charge in [-0.25, -0.2) is 13.2 Å². The zero-order valence-electron chi connectivity index (χ0n) is 23.4. The fourth-order valence-corrected chi connectivity index (χ4v) is 7.23. The number of hydrogen-bond acceptors (Lipinski definition) is 7. The first-order chi connectivity index (χ1) is 18.2. The van der Waals surface area contributed by atoms with Crippen molar-refractivity contribution in [3.8, 4) is 5.75 Å². The maximum atomic E-state index is 14.1. The third-order valence-corrected chi connectivity index (χ3v) is 9.00. The second kappa shape index (κ2) is 13.2. The molecule has 208 valence electrons. The first-order valence-corrected chi connectivity index (χ1v) is 15.2. The lowest BCUT2D eigenvalue weighted by Gasteiger charge is -2.37. The summed E-state index contributed by atoms with van der Waals surface area (Å²) >= 11 is 0. The third kappa shape index (κ3) is 7.10. The predicted octanol–water partition coefficient (Wildman–Crippen LogP) is 6.50. The largest absolute Gasteiger partial charge is 0.463 e. The molecule has 1 aliphatic heterocycles. The van der Waals surface area contributed by atoms with Crippen LogP contribution in [0, 0.1) is 5.41 Å². The Morgan fingerprint density at radius 3 is 2.29 bits per heavy atom. The summed E-state index contributed by atoms with van der Waals surface area (Å²) in [5.41, 5.74) is 1.95. The number of sulfone groups is 1. The minimum absolute atomic E-state index is 0.0930. The van der Waals surface area contributed by atoms with Crippen LogP contribution < -0.4 is 14.5 Å². The normalized spacial score (nSPS) is 16.1. The molecule has 0 amide bonds. The lowest BCUT2D eigenvalue weighted by Crippen LogP contribution is -2.38. The number of benzene rings is 2. The minimum atomic E-state index is -3.66.